The predicted molar refractivity (Wildman–Crippen MR) is 84.6 cm³/mol. The van der Waals surface area contributed by atoms with E-state index < -0.39 is 0 Å². The number of rotatable bonds is 7. The highest BCUT2D eigenvalue weighted by molar-refractivity contribution is 5.40. The van der Waals surface area contributed by atoms with Crippen molar-refractivity contribution < 1.29 is 4.74 Å². The standard InChI is InChI=1S/C18H22N2O/c1-2-9-19-11-16-7-8-17(12-20-16)21-13-15-10-14-5-3-4-6-18(14)15/h3-8,12,15,19H,2,9-11,13H2,1H3. The van der Waals surface area contributed by atoms with Crippen molar-refractivity contribution in [2.75, 3.05) is 13.2 Å². The van der Waals surface area contributed by atoms with E-state index in [-0.39, 0.29) is 0 Å². The van der Waals surface area contributed by atoms with E-state index in [2.05, 4.69) is 41.5 Å². The van der Waals surface area contributed by atoms with Crippen molar-refractivity contribution in [1.29, 1.82) is 0 Å². The Balaban J connectivity index is 1.48. The maximum absolute atomic E-state index is 5.86. The normalized spacial score (nSPS) is 16.1. The van der Waals surface area contributed by atoms with E-state index in [4.69, 9.17) is 4.74 Å². The number of nitrogens with zero attached hydrogens (tertiary/aromatic N) is 1. The Morgan fingerprint density at radius 2 is 2.14 bits per heavy atom. The van der Waals surface area contributed by atoms with E-state index in [1.165, 1.54) is 11.1 Å². The number of fused-ring (bicyclic) bond motifs is 1. The molecule has 0 aliphatic heterocycles. The third-order valence-electron chi connectivity index (χ3n) is 3.94. The first-order chi connectivity index (χ1) is 10.4. The van der Waals surface area contributed by atoms with Gasteiger partial charge < -0.3 is 10.1 Å². The quantitative estimate of drug-likeness (QED) is 0.791. The molecule has 0 bridgehead atoms. The van der Waals surface area contributed by atoms with Gasteiger partial charge in [0.25, 0.3) is 0 Å². The number of ether oxygens (including phenoxy) is 1. The van der Waals surface area contributed by atoms with Crippen molar-refractivity contribution in [3.63, 3.8) is 0 Å². The summed E-state index contributed by atoms with van der Waals surface area (Å²) in [6.07, 6.45) is 4.10. The van der Waals surface area contributed by atoms with Crippen LogP contribution in [0.25, 0.3) is 0 Å². The molecule has 1 atom stereocenters. The Labute approximate surface area is 126 Å². The van der Waals surface area contributed by atoms with Crippen LogP contribution in [0.5, 0.6) is 5.75 Å². The highest BCUT2D eigenvalue weighted by Gasteiger charge is 2.25. The molecule has 1 heterocycles. The molecule has 1 aliphatic carbocycles. The van der Waals surface area contributed by atoms with Gasteiger partial charge in [-0.05, 0) is 42.6 Å². The zero-order valence-corrected chi connectivity index (χ0v) is 12.5. The monoisotopic (exact) mass is 282 g/mol. The number of benzene rings is 1. The van der Waals surface area contributed by atoms with E-state index in [1.807, 2.05) is 18.3 Å². The zero-order valence-electron chi connectivity index (χ0n) is 12.5. The van der Waals surface area contributed by atoms with Crippen molar-refractivity contribution >= 4 is 0 Å². The minimum atomic E-state index is 0.534. The Bertz CT molecular complexity index is 580. The lowest BCUT2D eigenvalue weighted by Gasteiger charge is -2.29. The molecule has 1 aromatic carbocycles. The van der Waals surface area contributed by atoms with E-state index >= 15 is 0 Å². The van der Waals surface area contributed by atoms with E-state index in [0.717, 1.165) is 44.0 Å². The van der Waals surface area contributed by atoms with Crippen LogP contribution < -0.4 is 10.1 Å². The number of nitrogens with one attached hydrogen (secondary N) is 1. The number of hydrogen-bond donors (Lipinski definition) is 1. The van der Waals surface area contributed by atoms with Gasteiger partial charge in [-0.2, -0.15) is 0 Å². The second-order valence-corrected chi connectivity index (χ2v) is 5.57. The topological polar surface area (TPSA) is 34.1 Å². The van der Waals surface area contributed by atoms with Crippen LogP contribution in [0.4, 0.5) is 0 Å². The van der Waals surface area contributed by atoms with E-state index in [9.17, 15) is 0 Å². The molecule has 110 valence electrons. The Kier molecular flexibility index (Phi) is 4.51. The molecular formula is C18H22N2O. The fourth-order valence-corrected chi connectivity index (χ4v) is 2.70. The molecule has 1 unspecified atom stereocenters. The van der Waals surface area contributed by atoms with Gasteiger partial charge in [0.05, 0.1) is 18.5 Å². The van der Waals surface area contributed by atoms with Gasteiger partial charge >= 0.3 is 0 Å². The maximum Gasteiger partial charge on any atom is 0.137 e. The summed E-state index contributed by atoms with van der Waals surface area (Å²) in [5.41, 5.74) is 3.96. The molecule has 0 amide bonds. The number of hydrogen-bond acceptors (Lipinski definition) is 3. The van der Waals surface area contributed by atoms with Gasteiger partial charge in [-0.1, -0.05) is 31.2 Å². The van der Waals surface area contributed by atoms with Gasteiger partial charge in [-0.3, -0.25) is 4.98 Å². The van der Waals surface area contributed by atoms with Gasteiger partial charge in [0.1, 0.15) is 5.75 Å². The smallest absolute Gasteiger partial charge is 0.137 e. The molecule has 2 aromatic rings. The molecule has 3 heteroatoms. The third kappa shape index (κ3) is 3.42. The van der Waals surface area contributed by atoms with Gasteiger partial charge in [0.2, 0.25) is 0 Å². The second-order valence-electron chi connectivity index (χ2n) is 5.57. The Hall–Kier alpha value is -1.87. The second kappa shape index (κ2) is 6.72. The summed E-state index contributed by atoms with van der Waals surface area (Å²) in [6, 6.07) is 12.7. The van der Waals surface area contributed by atoms with Gasteiger partial charge in [-0.15, -0.1) is 0 Å². The van der Waals surface area contributed by atoms with Crippen molar-refractivity contribution in [3.05, 3.63) is 59.4 Å². The third-order valence-corrected chi connectivity index (χ3v) is 3.94. The highest BCUT2D eigenvalue weighted by Crippen LogP contribution is 2.34. The highest BCUT2D eigenvalue weighted by atomic mass is 16.5. The van der Waals surface area contributed by atoms with E-state index in [0.29, 0.717) is 5.92 Å². The van der Waals surface area contributed by atoms with Crippen molar-refractivity contribution in [2.45, 2.75) is 32.2 Å². The van der Waals surface area contributed by atoms with Crippen LogP contribution in [0.3, 0.4) is 0 Å². The van der Waals surface area contributed by atoms with E-state index in [1.54, 1.807) is 0 Å². The summed E-state index contributed by atoms with van der Waals surface area (Å²) in [5.74, 6) is 1.39. The van der Waals surface area contributed by atoms with Crippen LogP contribution in [-0.4, -0.2) is 18.1 Å². The molecule has 1 aromatic heterocycles. The summed E-state index contributed by atoms with van der Waals surface area (Å²) in [7, 11) is 0. The summed E-state index contributed by atoms with van der Waals surface area (Å²) < 4.78 is 5.86. The van der Waals surface area contributed by atoms with Crippen LogP contribution in [0, 0.1) is 0 Å². The van der Waals surface area contributed by atoms with Crippen LogP contribution >= 0.6 is 0 Å². The first kappa shape index (κ1) is 14.1. The molecule has 0 saturated carbocycles. The molecule has 1 aliphatic rings. The Morgan fingerprint density at radius 1 is 1.24 bits per heavy atom. The fraction of sp³-hybridized carbons (Fsp3) is 0.389. The fourth-order valence-electron chi connectivity index (χ4n) is 2.70. The SMILES string of the molecule is CCCNCc1ccc(OCC2Cc3ccccc32)cn1. The molecule has 0 spiro atoms. The molecule has 3 nitrogen and oxygen atoms in total. The lowest BCUT2D eigenvalue weighted by atomic mass is 9.78. The summed E-state index contributed by atoms with van der Waals surface area (Å²) in [5, 5.41) is 3.35. The number of aromatic nitrogens is 1. The van der Waals surface area contributed by atoms with Crippen molar-refractivity contribution in [2.24, 2.45) is 0 Å². The molecule has 1 N–H and O–H groups in total. The van der Waals surface area contributed by atoms with Crippen LogP contribution in [0.2, 0.25) is 0 Å². The molecule has 0 radical (unpaired) electrons. The summed E-state index contributed by atoms with van der Waals surface area (Å²) in [4.78, 5) is 4.43. The van der Waals surface area contributed by atoms with Crippen LogP contribution in [-0.2, 0) is 13.0 Å². The minimum Gasteiger partial charge on any atom is -0.491 e. The summed E-state index contributed by atoms with van der Waals surface area (Å²) >= 11 is 0. The van der Waals surface area contributed by atoms with Crippen LogP contribution in [0.15, 0.2) is 42.6 Å². The van der Waals surface area contributed by atoms with Crippen molar-refractivity contribution in [3.8, 4) is 5.75 Å². The lowest BCUT2D eigenvalue weighted by molar-refractivity contribution is 0.274. The van der Waals surface area contributed by atoms with Gasteiger partial charge in [0.15, 0.2) is 0 Å². The minimum absolute atomic E-state index is 0.534. The van der Waals surface area contributed by atoms with Gasteiger partial charge in [0, 0.05) is 12.5 Å². The Morgan fingerprint density at radius 3 is 2.90 bits per heavy atom. The maximum atomic E-state index is 5.86. The first-order valence-electron chi connectivity index (χ1n) is 7.73. The first-order valence-corrected chi connectivity index (χ1v) is 7.73. The van der Waals surface area contributed by atoms with Crippen molar-refractivity contribution in [1.82, 2.24) is 10.3 Å². The van der Waals surface area contributed by atoms with Crippen LogP contribution in [0.1, 0.15) is 36.1 Å². The van der Waals surface area contributed by atoms with Gasteiger partial charge in [-0.25, -0.2) is 0 Å². The number of pyridine rings is 1. The lowest BCUT2D eigenvalue weighted by Crippen LogP contribution is -2.23. The molecule has 0 fully saturated rings. The molecular weight excluding hydrogens is 260 g/mol. The molecule has 21 heavy (non-hydrogen) atoms. The average Bonchev–Trinajstić information content (AvgIpc) is 2.50. The summed E-state index contributed by atoms with van der Waals surface area (Å²) in [6.45, 7) is 4.76. The average molecular weight is 282 g/mol. The molecule has 3 rings (SSSR count). The predicted octanol–water partition coefficient (Wildman–Crippen LogP) is 3.30. The largest absolute Gasteiger partial charge is 0.491 e. The zero-order chi connectivity index (χ0) is 14.5. The molecule has 0 saturated heterocycles.